The van der Waals surface area contributed by atoms with Crippen LogP contribution in [0.3, 0.4) is 0 Å². The number of fused-ring (bicyclic) bond motifs is 1. The first-order valence-electron chi connectivity index (χ1n) is 3.42. The molecule has 0 radical (unpaired) electrons. The molecule has 2 heterocycles. The molecule has 2 aliphatic heterocycles. The minimum atomic E-state index is 0.579. The molecule has 0 saturated carbocycles. The first-order chi connectivity index (χ1) is 4.34. The smallest absolute Gasteiger partial charge is 0.108 e. The topological polar surface area (TPSA) is 12.2 Å². The zero-order chi connectivity index (χ0) is 6.43. The number of hydrogen-bond donors (Lipinski definition) is 0. The summed E-state index contributed by atoms with van der Waals surface area (Å²) in [4.78, 5) is 2.39. The van der Waals surface area contributed by atoms with Crippen LogP contribution in [0, 0.1) is 0 Å². The molecule has 2 aliphatic rings. The minimum absolute atomic E-state index is 0.579. The highest BCUT2D eigenvalue weighted by Gasteiger charge is 2.53. The Hall–Kier alpha value is -0.500. The second-order valence-electron chi connectivity index (χ2n) is 2.62. The third-order valence-corrected chi connectivity index (χ3v) is 2.19. The molecule has 3 unspecified atom stereocenters. The first kappa shape index (κ1) is 5.30. The van der Waals surface area contributed by atoms with Gasteiger partial charge in [0.1, 0.15) is 12.4 Å². The SMILES string of the molecule is C=C1OCC2C1N2CC. The highest BCUT2D eigenvalue weighted by atomic mass is 16.5. The van der Waals surface area contributed by atoms with E-state index in [9.17, 15) is 0 Å². The molecule has 0 spiro atoms. The van der Waals surface area contributed by atoms with E-state index in [1.807, 2.05) is 0 Å². The van der Waals surface area contributed by atoms with Gasteiger partial charge in [-0.25, -0.2) is 0 Å². The molecule has 0 amide bonds. The lowest BCUT2D eigenvalue weighted by Gasteiger charge is -2.05. The standard InChI is InChI=1S/C7H11NO/c1-3-8-6-4-9-5(2)7(6)8/h6-7H,2-4H2,1H3. The Bertz CT molecular complexity index is 151. The molecular formula is C7H11NO. The van der Waals surface area contributed by atoms with E-state index in [2.05, 4.69) is 18.4 Å². The van der Waals surface area contributed by atoms with Crippen LogP contribution in [0.15, 0.2) is 12.3 Å². The molecule has 0 aliphatic carbocycles. The van der Waals surface area contributed by atoms with Crippen molar-refractivity contribution in [3.63, 3.8) is 0 Å². The molecule has 2 saturated heterocycles. The monoisotopic (exact) mass is 125 g/mol. The largest absolute Gasteiger partial charge is 0.495 e. The van der Waals surface area contributed by atoms with Crippen LogP contribution in [0.2, 0.25) is 0 Å². The van der Waals surface area contributed by atoms with Crippen molar-refractivity contribution in [2.45, 2.75) is 19.0 Å². The van der Waals surface area contributed by atoms with Gasteiger partial charge in [-0.1, -0.05) is 13.5 Å². The van der Waals surface area contributed by atoms with Crippen molar-refractivity contribution in [1.82, 2.24) is 4.90 Å². The molecule has 0 aromatic heterocycles. The minimum Gasteiger partial charge on any atom is -0.495 e. The second kappa shape index (κ2) is 1.51. The molecule has 50 valence electrons. The van der Waals surface area contributed by atoms with Gasteiger partial charge in [-0.05, 0) is 6.54 Å². The van der Waals surface area contributed by atoms with Crippen molar-refractivity contribution in [3.05, 3.63) is 12.3 Å². The van der Waals surface area contributed by atoms with E-state index in [0.29, 0.717) is 12.1 Å². The molecule has 0 bridgehead atoms. The number of ether oxygens (including phenoxy) is 1. The Morgan fingerprint density at radius 2 is 2.67 bits per heavy atom. The van der Waals surface area contributed by atoms with Crippen molar-refractivity contribution in [2.24, 2.45) is 0 Å². The van der Waals surface area contributed by atoms with Crippen LogP contribution in [0.5, 0.6) is 0 Å². The summed E-state index contributed by atoms with van der Waals surface area (Å²) >= 11 is 0. The molecule has 0 aromatic carbocycles. The van der Waals surface area contributed by atoms with Crippen LogP contribution in [-0.4, -0.2) is 30.1 Å². The summed E-state index contributed by atoms with van der Waals surface area (Å²) in [5, 5.41) is 0. The maximum absolute atomic E-state index is 5.21. The van der Waals surface area contributed by atoms with E-state index in [-0.39, 0.29) is 0 Å². The fourth-order valence-electron chi connectivity index (χ4n) is 1.63. The number of likely N-dealkylation sites (N-methyl/N-ethyl adjacent to an activating group) is 1. The average molecular weight is 125 g/mol. The summed E-state index contributed by atoms with van der Waals surface area (Å²) in [5.74, 6) is 0.974. The predicted octanol–water partition coefficient (Wildman–Crippen LogP) is 0.603. The van der Waals surface area contributed by atoms with E-state index in [1.165, 1.54) is 0 Å². The normalized spacial score (nSPS) is 46.3. The van der Waals surface area contributed by atoms with E-state index < -0.39 is 0 Å². The summed E-state index contributed by atoms with van der Waals surface area (Å²) in [5.41, 5.74) is 0. The van der Waals surface area contributed by atoms with Crippen molar-refractivity contribution in [3.8, 4) is 0 Å². The highest BCUT2D eigenvalue weighted by Crippen LogP contribution is 2.39. The summed E-state index contributed by atoms with van der Waals surface area (Å²) in [6, 6.07) is 1.26. The fourth-order valence-corrected chi connectivity index (χ4v) is 1.63. The molecular weight excluding hydrogens is 114 g/mol. The lowest BCUT2D eigenvalue weighted by molar-refractivity contribution is 0.202. The quantitative estimate of drug-likeness (QED) is 0.476. The van der Waals surface area contributed by atoms with Crippen LogP contribution < -0.4 is 0 Å². The van der Waals surface area contributed by atoms with Gasteiger partial charge in [-0.15, -0.1) is 0 Å². The number of rotatable bonds is 1. The predicted molar refractivity (Wildman–Crippen MR) is 35.0 cm³/mol. The van der Waals surface area contributed by atoms with Crippen LogP contribution >= 0.6 is 0 Å². The van der Waals surface area contributed by atoms with Gasteiger partial charge in [0.15, 0.2) is 0 Å². The highest BCUT2D eigenvalue weighted by molar-refractivity contribution is 5.21. The molecule has 9 heavy (non-hydrogen) atoms. The van der Waals surface area contributed by atoms with E-state index in [1.54, 1.807) is 0 Å². The number of hydrogen-bond acceptors (Lipinski definition) is 2. The summed E-state index contributed by atoms with van der Waals surface area (Å²) < 4.78 is 5.21. The average Bonchev–Trinajstić information content (AvgIpc) is 2.46. The summed E-state index contributed by atoms with van der Waals surface area (Å²) in [7, 11) is 0. The van der Waals surface area contributed by atoms with E-state index >= 15 is 0 Å². The second-order valence-corrected chi connectivity index (χ2v) is 2.62. The third-order valence-electron chi connectivity index (χ3n) is 2.19. The lowest BCUT2D eigenvalue weighted by Crippen LogP contribution is -2.09. The maximum Gasteiger partial charge on any atom is 0.108 e. The number of morpholine rings is 1. The molecule has 0 N–H and O–H groups in total. The zero-order valence-electron chi connectivity index (χ0n) is 5.63. The molecule has 2 heteroatoms. The molecule has 0 aromatic rings. The first-order valence-corrected chi connectivity index (χ1v) is 3.42. The van der Waals surface area contributed by atoms with Crippen molar-refractivity contribution in [2.75, 3.05) is 13.2 Å². The Labute approximate surface area is 55.1 Å². The fraction of sp³-hybridized carbons (Fsp3) is 0.714. The van der Waals surface area contributed by atoms with Crippen LogP contribution in [0.25, 0.3) is 0 Å². The Morgan fingerprint density at radius 1 is 1.89 bits per heavy atom. The molecule has 3 atom stereocenters. The maximum atomic E-state index is 5.21. The van der Waals surface area contributed by atoms with Crippen LogP contribution in [0.1, 0.15) is 6.92 Å². The van der Waals surface area contributed by atoms with Crippen molar-refractivity contribution in [1.29, 1.82) is 0 Å². The van der Waals surface area contributed by atoms with Gasteiger partial charge < -0.3 is 4.74 Å². The van der Waals surface area contributed by atoms with Crippen LogP contribution in [-0.2, 0) is 4.74 Å². The summed E-state index contributed by atoms with van der Waals surface area (Å²) in [6.45, 7) is 7.99. The Balaban J connectivity index is 2.06. The Kier molecular flexibility index (Phi) is 0.887. The molecule has 2 nitrogen and oxygen atoms in total. The van der Waals surface area contributed by atoms with Gasteiger partial charge in [0.2, 0.25) is 0 Å². The molecule has 2 rings (SSSR count). The van der Waals surface area contributed by atoms with Gasteiger partial charge in [-0.2, -0.15) is 0 Å². The van der Waals surface area contributed by atoms with Gasteiger partial charge in [0.25, 0.3) is 0 Å². The van der Waals surface area contributed by atoms with Gasteiger partial charge in [-0.3, -0.25) is 4.90 Å². The van der Waals surface area contributed by atoms with Crippen molar-refractivity contribution < 1.29 is 4.74 Å². The lowest BCUT2D eigenvalue weighted by atomic mass is 10.3. The van der Waals surface area contributed by atoms with Gasteiger partial charge >= 0.3 is 0 Å². The van der Waals surface area contributed by atoms with Gasteiger partial charge in [0, 0.05) is 0 Å². The van der Waals surface area contributed by atoms with Crippen molar-refractivity contribution >= 4 is 0 Å². The number of nitrogens with zero attached hydrogens (tertiary/aromatic N) is 1. The molecule has 2 fully saturated rings. The zero-order valence-corrected chi connectivity index (χ0v) is 5.63. The van der Waals surface area contributed by atoms with Crippen LogP contribution in [0.4, 0.5) is 0 Å². The third kappa shape index (κ3) is 0.540. The summed E-state index contributed by atoms with van der Waals surface area (Å²) in [6.07, 6.45) is 0. The van der Waals surface area contributed by atoms with E-state index in [0.717, 1.165) is 18.9 Å². The Morgan fingerprint density at radius 3 is 3.00 bits per heavy atom. The van der Waals surface area contributed by atoms with E-state index in [4.69, 9.17) is 4.74 Å². The van der Waals surface area contributed by atoms with Gasteiger partial charge in [0.05, 0.1) is 12.1 Å².